The van der Waals surface area contributed by atoms with Crippen molar-refractivity contribution in [2.45, 2.75) is 88.8 Å². The average molecular weight is 603 g/mol. The molecule has 5 N–H and O–H groups in total. The summed E-state index contributed by atoms with van der Waals surface area (Å²) in [6, 6.07) is -0.554. The molecule has 2 aliphatic heterocycles. The number of aromatic nitrogens is 4. The van der Waals surface area contributed by atoms with Crippen LogP contribution in [-0.2, 0) is 25.7 Å². The maximum atomic E-state index is 13.5. The first-order valence-corrected chi connectivity index (χ1v) is 13.1. The van der Waals surface area contributed by atoms with Gasteiger partial charge in [-0.05, 0) is 38.7 Å². The van der Waals surface area contributed by atoms with Gasteiger partial charge < -0.3 is 30.6 Å². The first-order valence-electron chi connectivity index (χ1n) is 13.1. The lowest BCUT2D eigenvalue weighted by atomic mass is 9.96. The maximum absolute atomic E-state index is 13.5. The van der Waals surface area contributed by atoms with E-state index in [4.69, 9.17) is 20.4 Å². The van der Waals surface area contributed by atoms with Crippen LogP contribution < -0.4 is 5.32 Å². The zero-order valence-electron chi connectivity index (χ0n) is 22.9. The molecule has 0 spiro atoms. The number of fused-ring (bicyclic) bond motifs is 1. The van der Waals surface area contributed by atoms with Crippen LogP contribution in [0.15, 0.2) is 18.5 Å². The van der Waals surface area contributed by atoms with Gasteiger partial charge >= 0.3 is 24.1 Å². The van der Waals surface area contributed by atoms with E-state index in [-0.39, 0.29) is 24.4 Å². The van der Waals surface area contributed by atoms with Crippen LogP contribution in [0, 0.1) is 6.92 Å². The number of carboxylic acids is 3. The predicted octanol–water partition coefficient (Wildman–Crippen LogP) is 2.20. The van der Waals surface area contributed by atoms with Gasteiger partial charge in [-0.25, -0.2) is 9.48 Å². The average Bonchev–Trinajstić information content (AvgIpc) is 3.59. The number of anilines is 1. The Kier molecular flexibility index (Phi) is 9.86. The Morgan fingerprint density at radius 2 is 1.76 bits per heavy atom. The third-order valence-corrected chi connectivity index (χ3v) is 6.92. The lowest BCUT2D eigenvalue weighted by Gasteiger charge is -2.31. The molecule has 232 valence electrons. The number of aliphatic carboxylic acids is 3. The number of alkyl halides is 3. The third kappa shape index (κ3) is 7.98. The Labute approximate surface area is 237 Å². The van der Waals surface area contributed by atoms with Gasteiger partial charge in [0.05, 0.1) is 30.8 Å². The molecule has 1 saturated heterocycles. The van der Waals surface area contributed by atoms with E-state index in [0.717, 1.165) is 16.7 Å². The van der Waals surface area contributed by atoms with Crippen LogP contribution in [0.4, 0.5) is 19.0 Å². The lowest BCUT2D eigenvalue weighted by Crippen LogP contribution is -2.42. The highest BCUT2D eigenvalue weighted by Crippen LogP contribution is 2.41. The van der Waals surface area contributed by atoms with Crippen LogP contribution in [0.25, 0.3) is 0 Å². The molecule has 1 unspecified atom stereocenters. The number of aryl methyl sites for hydroxylation is 2. The molecule has 1 fully saturated rings. The molecule has 42 heavy (non-hydrogen) atoms. The summed E-state index contributed by atoms with van der Waals surface area (Å²) in [5.41, 5.74) is -1.19. The van der Waals surface area contributed by atoms with E-state index in [9.17, 15) is 32.3 Å². The number of hydrogen-bond donors (Lipinski definition) is 5. The van der Waals surface area contributed by atoms with Crippen LogP contribution in [0.3, 0.4) is 0 Å². The molecule has 0 radical (unpaired) electrons. The number of halogens is 3. The van der Waals surface area contributed by atoms with Crippen molar-refractivity contribution in [3.05, 3.63) is 29.7 Å². The molecule has 2 aromatic rings. The van der Waals surface area contributed by atoms with Gasteiger partial charge in [0.2, 0.25) is 5.91 Å². The topological polar surface area (TPSA) is 200 Å². The van der Waals surface area contributed by atoms with Crippen LogP contribution in [-0.4, -0.2) is 93.1 Å². The van der Waals surface area contributed by atoms with Crippen LogP contribution >= 0.6 is 0 Å². The fraction of sp³-hybridized carbons (Fsp3) is 0.600. The molecule has 0 aliphatic carbocycles. The van der Waals surface area contributed by atoms with E-state index in [2.05, 4.69) is 15.5 Å². The number of amides is 1. The van der Waals surface area contributed by atoms with Crippen LogP contribution in [0.2, 0.25) is 0 Å². The summed E-state index contributed by atoms with van der Waals surface area (Å²) >= 11 is 0. The Morgan fingerprint density at radius 1 is 1.12 bits per heavy atom. The number of nitrogens with zero attached hydrogens (tertiary/aromatic N) is 5. The molecule has 4 rings (SSSR count). The van der Waals surface area contributed by atoms with E-state index < -0.39 is 48.6 Å². The summed E-state index contributed by atoms with van der Waals surface area (Å²) < 4.78 is 43.2. The van der Waals surface area contributed by atoms with Gasteiger partial charge in [-0.2, -0.15) is 23.4 Å². The van der Waals surface area contributed by atoms with E-state index in [1.54, 1.807) is 28.8 Å². The van der Waals surface area contributed by atoms with E-state index >= 15 is 0 Å². The zero-order chi connectivity index (χ0) is 31.4. The number of likely N-dealkylation sites (tertiary alicyclic amines) is 1. The van der Waals surface area contributed by atoms with Crippen molar-refractivity contribution >= 4 is 29.6 Å². The fourth-order valence-electron chi connectivity index (χ4n) is 4.97. The molecule has 0 bridgehead atoms. The van der Waals surface area contributed by atoms with Gasteiger partial charge in [-0.15, -0.1) is 0 Å². The molecule has 0 saturated carbocycles. The summed E-state index contributed by atoms with van der Waals surface area (Å²) in [5.74, 6) is -4.68. The van der Waals surface area contributed by atoms with E-state index in [1.807, 2.05) is 13.1 Å². The highest BCUT2D eigenvalue weighted by atomic mass is 19.4. The Morgan fingerprint density at radius 3 is 2.29 bits per heavy atom. The molecule has 14 nitrogen and oxygen atoms in total. The van der Waals surface area contributed by atoms with Gasteiger partial charge in [-0.3, -0.25) is 19.1 Å². The number of hydrogen-bond acceptors (Lipinski definition) is 8. The Balaban J connectivity index is 0.000000316. The SMILES string of the molecule is Cc1cnn(CCC(=O)N2CCCC2c2cc3n(n2)[C@@H](C(F)(F)F)C[C@@H](C)N3)c1.O=C(O)CC(O)(CC(=O)O)C(=O)O. The van der Waals surface area contributed by atoms with Crippen molar-refractivity contribution in [2.24, 2.45) is 0 Å². The molecular weight excluding hydrogens is 569 g/mol. The number of rotatable bonds is 9. The summed E-state index contributed by atoms with van der Waals surface area (Å²) in [7, 11) is 0. The number of carboxylic acid groups (broad SMARTS) is 3. The maximum Gasteiger partial charge on any atom is 0.410 e. The molecule has 2 aliphatic rings. The van der Waals surface area contributed by atoms with Gasteiger partial charge in [0, 0.05) is 37.8 Å². The summed E-state index contributed by atoms with van der Waals surface area (Å²) in [6.07, 6.45) is -1.28. The third-order valence-electron chi connectivity index (χ3n) is 6.92. The minimum Gasteiger partial charge on any atom is -0.481 e. The molecule has 0 aromatic carbocycles. The minimum atomic E-state index is -4.36. The second-order valence-corrected chi connectivity index (χ2v) is 10.5. The number of aliphatic hydroxyl groups is 1. The second-order valence-electron chi connectivity index (χ2n) is 10.5. The van der Waals surface area contributed by atoms with Gasteiger partial charge in [0.15, 0.2) is 11.6 Å². The monoisotopic (exact) mass is 602 g/mol. The Hall–Kier alpha value is -4.15. The highest BCUT2D eigenvalue weighted by Gasteiger charge is 2.46. The van der Waals surface area contributed by atoms with Crippen molar-refractivity contribution in [3.8, 4) is 0 Å². The summed E-state index contributed by atoms with van der Waals surface area (Å²) in [4.78, 5) is 45.0. The van der Waals surface area contributed by atoms with Crippen molar-refractivity contribution in [3.63, 3.8) is 0 Å². The second kappa shape index (κ2) is 12.8. The minimum absolute atomic E-state index is 0.0275. The van der Waals surface area contributed by atoms with Gasteiger partial charge in [0.1, 0.15) is 5.82 Å². The Bertz CT molecular complexity index is 1290. The highest BCUT2D eigenvalue weighted by molar-refractivity contribution is 5.88. The van der Waals surface area contributed by atoms with Crippen molar-refractivity contribution in [1.82, 2.24) is 24.5 Å². The van der Waals surface area contributed by atoms with Crippen LogP contribution in [0.5, 0.6) is 0 Å². The fourth-order valence-corrected chi connectivity index (χ4v) is 4.97. The molecular formula is C25H33F3N6O8. The zero-order valence-corrected chi connectivity index (χ0v) is 22.9. The molecule has 3 atom stereocenters. The van der Waals surface area contributed by atoms with E-state index in [0.29, 0.717) is 37.4 Å². The van der Waals surface area contributed by atoms with Gasteiger partial charge in [-0.1, -0.05) is 0 Å². The normalized spacial score (nSPS) is 20.2. The smallest absolute Gasteiger partial charge is 0.410 e. The van der Waals surface area contributed by atoms with Crippen LogP contribution in [0.1, 0.15) is 68.8 Å². The summed E-state index contributed by atoms with van der Waals surface area (Å²) in [5, 5.41) is 45.4. The van der Waals surface area contributed by atoms with E-state index in [1.165, 1.54) is 0 Å². The van der Waals surface area contributed by atoms with Crippen molar-refractivity contribution in [1.29, 1.82) is 0 Å². The predicted molar refractivity (Wildman–Crippen MR) is 137 cm³/mol. The molecule has 4 heterocycles. The first kappa shape index (κ1) is 32.4. The largest absolute Gasteiger partial charge is 0.481 e. The quantitative estimate of drug-likeness (QED) is 0.282. The molecule has 17 heteroatoms. The standard InChI is InChI=1S/C19H25F3N6O.C6H8O7/c1-12-10-23-26(11-12)7-5-18(29)27-6-3-4-15(27)14-9-17-24-13(2)8-16(19(20,21)22)28(17)25-14;7-3(8)1-6(13,5(11)12)2-4(9)10/h9-11,13,15-16,24H,3-8H2,1-2H3;13H,1-2H2,(H,7,8)(H,9,10)(H,11,12)/t13-,15?,16-;/m1./s1. The molecule has 2 aromatic heterocycles. The molecule has 1 amide bonds. The number of carbonyl (C=O) groups is 4. The van der Waals surface area contributed by atoms with Crippen molar-refractivity contribution < 1.29 is 52.8 Å². The van der Waals surface area contributed by atoms with Crippen molar-refractivity contribution in [2.75, 3.05) is 11.9 Å². The first-order chi connectivity index (χ1) is 19.5. The number of nitrogens with one attached hydrogen (secondary N) is 1. The number of carbonyl (C=O) groups excluding carboxylic acids is 1. The summed E-state index contributed by atoms with van der Waals surface area (Å²) in [6.45, 7) is 4.74. The lowest BCUT2D eigenvalue weighted by molar-refractivity contribution is -0.173. The van der Waals surface area contributed by atoms with Gasteiger partial charge in [0.25, 0.3) is 0 Å².